The van der Waals surface area contributed by atoms with Crippen molar-refractivity contribution < 1.29 is 15.0 Å². The van der Waals surface area contributed by atoms with Crippen molar-refractivity contribution in [2.45, 2.75) is 26.0 Å². The fraction of sp³-hybridized carbons (Fsp3) is 0.235. The summed E-state index contributed by atoms with van der Waals surface area (Å²) in [6.45, 7) is 4.10. The number of aryl methyl sites for hydroxylation is 1. The van der Waals surface area contributed by atoms with E-state index in [1.54, 1.807) is 17.6 Å². The largest absolute Gasteiger partial charge is 0.477 e. The van der Waals surface area contributed by atoms with Crippen LogP contribution in [0.3, 0.4) is 0 Å². The molecular formula is C17H17N3O3. The van der Waals surface area contributed by atoms with E-state index in [1.165, 1.54) is 6.07 Å². The fourth-order valence-corrected chi connectivity index (χ4v) is 2.68. The van der Waals surface area contributed by atoms with Crippen molar-refractivity contribution in [1.82, 2.24) is 14.5 Å². The van der Waals surface area contributed by atoms with E-state index in [-0.39, 0.29) is 5.69 Å². The Bertz CT molecular complexity index is 869. The number of imidazole rings is 1. The number of aliphatic hydroxyl groups is 1. The Kier molecular flexibility index (Phi) is 3.61. The Hall–Kier alpha value is -2.73. The highest BCUT2D eigenvalue weighted by Crippen LogP contribution is 2.30. The third kappa shape index (κ3) is 2.47. The van der Waals surface area contributed by atoms with Crippen LogP contribution in [0.2, 0.25) is 0 Å². The Morgan fingerprint density at radius 3 is 2.48 bits per heavy atom. The maximum Gasteiger partial charge on any atom is 0.354 e. The predicted octanol–water partition coefficient (Wildman–Crippen LogP) is 2.41. The quantitative estimate of drug-likeness (QED) is 0.772. The second-order valence-electron chi connectivity index (χ2n) is 5.46. The molecule has 2 N–H and O–H groups in total. The smallest absolute Gasteiger partial charge is 0.354 e. The van der Waals surface area contributed by atoms with Crippen molar-refractivity contribution in [3.05, 3.63) is 59.5 Å². The maximum absolute atomic E-state index is 11.1. The molecule has 6 heteroatoms. The fourth-order valence-electron chi connectivity index (χ4n) is 2.68. The van der Waals surface area contributed by atoms with Gasteiger partial charge in [0, 0.05) is 6.54 Å². The lowest BCUT2D eigenvalue weighted by Gasteiger charge is -2.24. The number of hydrogen-bond acceptors (Lipinski definition) is 4. The summed E-state index contributed by atoms with van der Waals surface area (Å²) in [4.78, 5) is 19.8. The lowest BCUT2D eigenvalue weighted by atomic mass is 9.95. The van der Waals surface area contributed by atoms with Crippen LogP contribution in [-0.4, -0.2) is 30.7 Å². The van der Waals surface area contributed by atoms with Gasteiger partial charge < -0.3 is 14.8 Å². The van der Waals surface area contributed by atoms with Crippen molar-refractivity contribution in [3.63, 3.8) is 0 Å². The zero-order valence-electron chi connectivity index (χ0n) is 12.9. The number of hydrogen-bond donors (Lipinski definition) is 2. The highest BCUT2D eigenvalue weighted by atomic mass is 16.4. The molecule has 0 aliphatic carbocycles. The number of carbonyl (C=O) groups is 1. The summed E-state index contributed by atoms with van der Waals surface area (Å²) in [6.07, 6.45) is 0. The lowest BCUT2D eigenvalue weighted by Crippen LogP contribution is -2.27. The van der Waals surface area contributed by atoms with E-state index in [0.717, 1.165) is 0 Å². The van der Waals surface area contributed by atoms with Gasteiger partial charge in [0.2, 0.25) is 0 Å². The summed E-state index contributed by atoms with van der Waals surface area (Å²) in [5, 5.41) is 20.1. The van der Waals surface area contributed by atoms with Gasteiger partial charge in [-0.3, -0.25) is 0 Å². The molecule has 3 rings (SSSR count). The Morgan fingerprint density at radius 2 is 1.87 bits per heavy atom. The topological polar surface area (TPSA) is 88.2 Å². The van der Waals surface area contributed by atoms with Crippen LogP contribution in [-0.2, 0) is 12.1 Å². The molecule has 0 aliphatic rings. The number of benzene rings is 1. The van der Waals surface area contributed by atoms with Gasteiger partial charge in [0.25, 0.3) is 0 Å². The molecule has 2 heterocycles. The van der Waals surface area contributed by atoms with Crippen LogP contribution >= 0.6 is 0 Å². The molecule has 6 nitrogen and oxygen atoms in total. The standard InChI is InChI=1S/C17H17N3O3/c1-3-20-14-12(9-10-13(18-14)15(21)22)19-16(20)17(2,23)11-7-5-4-6-8-11/h4-10,23H,3H2,1-2H3,(H,21,22). The molecule has 3 aromatic rings. The molecule has 0 aliphatic heterocycles. The van der Waals surface area contributed by atoms with E-state index in [0.29, 0.717) is 29.1 Å². The van der Waals surface area contributed by atoms with E-state index in [4.69, 9.17) is 5.11 Å². The number of aromatic nitrogens is 3. The number of aromatic carboxylic acids is 1. The van der Waals surface area contributed by atoms with Crippen LogP contribution < -0.4 is 0 Å². The number of fused-ring (bicyclic) bond motifs is 1. The lowest BCUT2D eigenvalue weighted by molar-refractivity contribution is 0.0691. The Morgan fingerprint density at radius 1 is 1.17 bits per heavy atom. The molecule has 0 fully saturated rings. The minimum atomic E-state index is -1.30. The summed E-state index contributed by atoms with van der Waals surface area (Å²) >= 11 is 0. The molecule has 2 aromatic heterocycles. The van der Waals surface area contributed by atoms with E-state index >= 15 is 0 Å². The molecule has 0 saturated carbocycles. The first-order valence-corrected chi connectivity index (χ1v) is 7.34. The molecule has 23 heavy (non-hydrogen) atoms. The number of carboxylic acids is 1. The zero-order chi connectivity index (χ0) is 16.6. The van der Waals surface area contributed by atoms with Gasteiger partial charge in [0.05, 0.1) is 0 Å². The SMILES string of the molecule is CCn1c(C(C)(O)c2ccccc2)nc2ccc(C(=O)O)nc21. The molecule has 0 bridgehead atoms. The van der Waals surface area contributed by atoms with Gasteiger partial charge in [0.15, 0.2) is 11.3 Å². The molecule has 0 spiro atoms. The summed E-state index contributed by atoms with van der Waals surface area (Å²) in [6, 6.07) is 12.3. The molecule has 118 valence electrons. The van der Waals surface area contributed by atoms with Crippen molar-refractivity contribution in [2.75, 3.05) is 0 Å². The summed E-state index contributed by atoms with van der Waals surface area (Å²) < 4.78 is 1.74. The second kappa shape index (κ2) is 5.48. The number of nitrogens with zero attached hydrogens (tertiary/aromatic N) is 3. The monoisotopic (exact) mass is 311 g/mol. The van der Waals surface area contributed by atoms with Crippen molar-refractivity contribution in [1.29, 1.82) is 0 Å². The third-order valence-electron chi connectivity index (χ3n) is 3.90. The van der Waals surface area contributed by atoms with E-state index in [1.807, 2.05) is 37.3 Å². The van der Waals surface area contributed by atoms with Crippen LogP contribution in [0.25, 0.3) is 11.2 Å². The van der Waals surface area contributed by atoms with E-state index in [2.05, 4.69) is 9.97 Å². The van der Waals surface area contributed by atoms with Crippen LogP contribution in [0, 0.1) is 0 Å². The molecule has 0 amide bonds. The number of pyridine rings is 1. The van der Waals surface area contributed by atoms with Crippen molar-refractivity contribution in [3.8, 4) is 0 Å². The minimum absolute atomic E-state index is 0.0435. The Balaban J connectivity index is 2.23. The summed E-state index contributed by atoms with van der Waals surface area (Å²) in [7, 11) is 0. The van der Waals surface area contributed by atoms with Gasteiger partial charge in [-0.1, -0.05) is 30.3 Å². The van der Waals surface area contributed by atoms with Crippen molar-refractivity contribution >= 4 is 17.1 Å². The van der Waals surface area contributed by atoms with Gasteiger partial charge in [-0.15, -0.1) is 0 Å². The highest BCUT2D eigenvalue weighted by molar-refractivity contribution is 5.88. The normalized spacial score (nSPS) is 13.9. The van der Waals surface area contributed by atoms with Gasteiger partial charge in [-0.05, 0) is 31.5 Å². The van der Waals surface area contributed by atoms with Crippen molar-refractivity contribution in [2.24, 2.45) is 0 Å². The minimum Gasteiger partial charge on any atom is -0.477 e. The second-order valence-corrected chi connectivity index (χ2v) is 5.46. The van der Waals surface area contributed by atoms with Crippen LogP contribution in [0.5, 0.6) is 0 Å². The van der Waals surface area contributed by atoms with Gasteiger partial charge in [-0.2, -0.15) is 0 Å². The molecule has 1 atom stereocenters. The van der Waals surface area contributed by atoms with E-state index < -0.39 is 11.6 Å². The van der Waals surface area contributed by atoms with Crippen LogP contribution in [0.4, 0.5) is 0 Å². The third-order valence-corrected chi connectivity index (χ3v) is 3.90. The summed E-state index contributed by atoms with van der Waals surface area (Å²) in [5.41, 5.74) is 0.379. The molecule has 0 saturated heterocycles. The first-order valence-electron chi connectivity index (χ1n) is 7.34. The van der Waals surface area contributed by atoms with Gasteiger partial charge >= 0.3 is 5.97 Å². The van der Waals surface area contributed by atoms with Gasteiger partial charge in [-0.25, -0.2) is 14.8 Å². The zero-order valence-corrected chi connectivity index (χ0v) is 12.9. The molecule has 0 radical (unpaired) electrons. The average molecular weight is 311 g/mol. The Labute approximate surface area is 133 Å². The maximum atomic E-state index is 11.1. The first kappa shape index (κ1) is 15.2. The predicted molar refractivity (Wildman–Crippen MR) is 85.3 cm³/mol. The highest BCUT2D eigenvalue weighted by Gasteiger charge is 2.32. The first-order chi connectivity index (χ1) is 10.9. The average Bonchev–Trinajstić information content (AvgIpc) is 2.94. The van der Waals surface area contributed by atoms with Crippen LogP contribution in [0.15, 0.2) is 42.5 Å². The number of carboxylic acid groups (broad SMARTS) is 1. The molecule has 1 aromatic carbocycles. The molecular weight excluding hydrogens is 294 g/mol. The van der Waals surface area contributed by atoms with Crippen LogP contribution in [0.1, 0.15) is 35.7 Å². The van der Waals surface area contributed by atoms with Gasteiger partial charge in [0.1, 0.15) is 16.9 Å². The summed E-state index contributed by atoms with van der Waals surface area (Å²) in [5.74, 6) is -0.650. The molecule has 1 unspecified atom stereocenters. The number of rotatable bonds is 4. The van der Waals surface area contributed by atoms with E-state index in [9.17, 15) is 9.90 Å².